The fraction of sp³-hybridized carbons (Fsp3) is 0.400. The van der Waals surface area contributed by atoms with Gasteiger partial charge >= 0.3 is 0 Å². The summed E-state index contributed by atoms with van der Waals surface area (Å²) in [6.07, 6.45) is 0.366. The van der Waals surface area contributed by atoms with Crippen LogP contribution in [-0.4, -0.2) is 7.85 Å². The lowest BCUT2D eigenvalue weighted by molar-refractivity contribution is 0.359. The smallest absolute Gasteiger partial charge is 0.200 e. The summed E-state index contributed by atoms with van der Waals surface area (Å²) in [5.74, 6) is -9.17. The molecule has 0 N–H and O–H groups in total. The fourth-order valence-electron chi connectivity index (χ4n) is 1.16. The first-order valence-corrected chi connectivity index (χ1v) is 4.26. The van der Waals surface area contributed by atoms with Crippen LogP contribution in [0.3, 0.4) is 0 Å². The van der Waals surface area contributed by atoms with Gasteiger partial charge in [-0.15, -0.1) is 5.31 Å². The van der Waals surface area contributed by atoms with E-state index < -0.39 is 47.8 Å². The van der Waals surface area contributed by atoms with Crippen LogP contribution in [0.4, 0.5) is 22.0 Å². The molecule has 0 aliphatic carbocycles. The first-order chi connectivity index (χ1) is 7.24. The molecule has 6 heteroatoms. The molecule has 90 valence electrons. The Hall–Kier alpha value is -1.07. The molecule has 0 aromatic heterocycles. The molecule has 1 rings (SSSR count). The molecule has 0 saturated carbocycles. The van der Waals surface area contributed by atoms with Gasteiger partial charge in [-0.2, -0.15) is 0 Å². The van der Waals surface area contributed by atoms with E-state index in [4.69, 9.17) is 0 Å². The standard InChI is InChI=1S/C10H11BF5/c1-3-10(2,11)4-5(12)7(14)9(16)8(15)6(4)13/h3H2,1-2,11H3/q-1. The van der Waals surface area contributed by atoms with Crippen LogP contribution in [0, 0.1) is 29.1 Å². The van der Waals surface area contributed by atoms with Crippen molar-refractivity contribution in [2.24, 2.45) is 0 Å². The number of halogens is 5. The maximum Gasteiger partial charge on any atom is 0.200 e. The molecule has 0 aliphatic heterocycles. The minimum atomic E-state index is -2.09. The van der Waals surface area contributed by atoms with Crippen molar-refractivity contribution < 1.29 is 22.0 Å². The Bertz CT molecular complexity index is 399. The van der Waals surface area contributed by atoms with Crippen LogP contribution in [0.1, 0.15) is 25.8 Å². The lowest BCUT2D eigenvalue weighted by Gasteiger charge is -2.30. The largest absolute Gasteiger partial charge is 0.203 e. The van der Waals surface area contributed by atoms with E-state index in [1.165, 1.54) is 6.92 Å². The van der Waals surface area contributed by atoms with E-state index in [0.717, 1.165) is 0 Å². The van der Waals surface area contributed by atoms with Gasteiger partial charge in [0.25, 0.3) is 0 Å². The van der Waals surface area contributed by atoms with Crippen LogP contribution < -0.4 is 0 Å². The highest BCUT2D eigenvalue weighted by atomic mass is 19.2. The van der Waals surface area contributed by atoms with Crippen LogP contribution in [0.25, 0.3) is 0 Å². The Morgan fingerprint density at radius 1 is 0.875 bits per heavy atom. The Kier molecular flexibility index (Phi) is 3.31. The van der Waals surface area contributed by atoms with E-state index in [1.807, 2.05) is 0 Å². The Labute approximate surface area is 90.9 Å². The number of hydrogen-bond acceptors (Lipinski definition) is 0. The van der Waals surface area contributed by atoms with Gasteiger partial charge < -0.3 is 0 Å². The highest BCUT2D eigenvalue weighted by Gasteiger charge is 2.30. The zero-order chi connectivity index (χ0) is 12.7. The van der Waals surface area contributed by atoms with Gasteiger partial charge in [-0.05, 0) is 13.4 Å². The molecule has 0 heterocycles. The van der Waals surface area contributed by atoms with E-state index in [9.17, 15) is 22.0 Å². The monoisotopic (exact) mass is 237 g/mol. The second-order valence-electron chi connectivity index (χ2n) is 3.08. The van der Waals surface area contributed by atoms with E-state index in [1.54, 1.807) is 6.92 Å². The molecule has 0 spiro atoms. The highest BCUT2D eigenvalue weighted by molar-refractivity contribution is 6.15. The third kappa shape index (κ3) is 1.81. The molecular formula is C10H11BF5-. The molecule has 16 heavy (non-hydrogen) atoms. The minimum Gasteiger partial charge on any atom is -0.203 e. The number of hydrogen-bond donors (Lipinski definition) is 0. The van der Waals surface area contributed by atoms with Gasteiger partial charge in [0.1, 0.15) is 0 Å². The van der Waals surface area contributed by atoms with Crippen molar-refractivity contribution in [1.29, 1.82) is 0 Å². The van der Waals surface area contributed by atoms with E-state index in [-0.39, 0.29) is 0 Å². The first kappa shape index (κ1) is 13.0. The fourth-order valence-corrected chi connectivity index (χ4v) is 1.16. The molecule has 0 fully saturated rings. The van der Waals surface area contributed by atoms with Gasteiger partial charge in [0, 0.05) is 0 Å². The van der Waals surface area contributed by atoms with Gasteiger partial charge in [0.05, 0.1) is 0 Å². The van der Waals surface area contributed by atoms with E-state index in [0.29, 0.717) is 6.42 Å². The maximum absolute atomic E-state index is 13.4. The normalized spacial score (nSPS) is 15.0. The van der Waals surface area contributed by atoms with Crippen molar-refractivity contribution in [3.63, 3.8) is 0 Å². The lowest BCUT2D eigenvalue weighted by Crippen LogP contribution is -2.26. The van der Waals surface area contributed by atoms with Crippen LogP contribution in [0.5, 0.6) is 0 Å². The van der Waals surface area contributed by atoms with Crippen molar-refractivity contribution >= 4 is 7.85 Å². The molecule has 0 aliphatic rings. The maximum atomic E-state index is 13.4. The summed E-state index contributed by atoms with van der Waals surface area (Å²) in [5.41, 5.74) is -0.647. The van der Waals surface area contributed by atoms with E-state index in [2.05, 4.69) is 0 Å². The van der Waals surface area contributed by atoms with Crippen molar-refractivity contribution in [2.45, 2.75) is 25.6 Å². The number of benzene rings is 1. The van der Waals surface area contributed by atoms with Crippen molar-refractivity contribution in [1.82, 2.24) is 0 Å². The predicted molar refractivity (Wildman–Crippen MR) is 53.8 cm³/mol. The Morgan fingerprint density at radius 2 is 1.19 bits per heavy atom. The topological polar surface area (TPSA) is 0 Å². The average molecular weight is 237 g/mol. The van der Waals surface area contributed by atoms with Crippen LogP contribution >= 0.6 is 0 Å². The molecule has 0 saturated heterocycles. The molecule has 0 radical (unpaired) electrons. The Morgan fingerprint density at radius 3 is 1.50 bits per heavy atom. The van der Waals surface area contributed by atoms with Gasteiger partial charge in [-0.1, -0.05) is 20.3 Å². The summed E-state index contributed by atoms with van der Waals surface area (Å²) in [7, 11) is -0.613. The first-order valence-electron chi connectivity index (χ1n) is 4.26. The molecule has 1 unspecified atom stereocenters. The molecule has 1 aromatic carbocycles. The van der Waals surface area contributed by atoms with Gasteiger partial charge in [-0.25, -0.2) is 22.0 Å². The third-order valence-corrected chi connectivity index (χ3v) is 2.17. The van der Waals surface area contributed by atoms with Gasteiger partial charge in [0.2, 0.25) is 5.82 Å². The van der Waals surface area contributed by atoms with Gasteiger partial charge in [-0.3, -0.25) is 0 Å². The second-order valence-corrected chi connectivity index (χ2v) is 3.08. The molecular weight excluding hydrogens is 226 g/mol. The third-order valence-electron chi connectivity index (χ3n) is 2.17. The molecule has 1 aromatic rings. The average Bonchev–Trinajstić information content (AvgIpc) is 2.23. The predicted octanol–water partition coefficient (Wildman–Crippen LogP) is 2.37. The van der Waals surface area contributed by atoms with E-state index >= 15 is 0 Å². The van der Waals surface area contributed by atoms with Crippen molar-refractivity contribution in [3.8, 4) is 0 Å². The van der Waals surface area contributed by atoms with Gasteiger partial charge in [0.15, 0.2) is 23.3 Å². The summed E-state index contributed by atoms with van der Waals surface area (Å²) in [5, 5.41) is -0.858. The number of rotatable bonds is 2. The van der Waals surface area contributed by atoms with Crippen LogP contribution in [0.2, 0.25) is 0 Å². The summed E-state index contributed by atoms with van der Waals surface area (Å²) < 4.78 is 65.5. The van der Waals surface area contributed by atoms with Crippen molar-refractivity contribution in [2.75, 3.05) is 0 Å². The summed E-state index contributed by atoms with van der Waals surface area (Å²) in [4.78, 5) is 0. The highest BCUT2D eigenvalue weighted by Crippen LogP contribution is 2.32. The summed E-state index contributed by atoms with van der Waals surface area (Å²) >= 11 is 0. The van der Waals surface area contributed by atoms with Crippen LogP contribution in [-0.2, 0) is 5.31 Å². The molecule has 0 nitrogen and oxygen atoms in total. The second kappa shape index (κ2) is 4.07. The van der Waals surface area contributed by atoms with Crippen molar-refractivity contribution in [3.05, 3.63) is 34.6 Å². The zero-order valence-electron chi connectivity index (χ0n) is 8.10. The quantitative estimate of drug-likeness (QED) is 0.320. The zero-order valence-corrected chi connectivity index (χ0v) is 8.10. The summed E-state index contributed by atoms with van der Waals surface area (Å²) in [6, 6.07) is 0. The minimum absolute atomic E-state index is 0.366. The molecule has 0 amide bonds. The molecule has 0 bridgehead atoms. The Balaban J connectivity index is 3.65. The van der Waals surface area contributed by atoms with Crippen LogP contribution in [0.15, 0.2) is 0 Å². The molecule has 1 atom stereocenters. The summed E-state index contributed by atoms with van der Waals surface area (Å²) in [6.45, 7) is 3.20. The lowest BCUT2D eigenvalue weighted by atomic mass is 9.63. The SMILES string of the molecule is [BH3-]C(C)(CC)c1c(F)c(F)c(F)c(F)c1F.